The molecule has 0 bridgehead atoms. The maximum Gasteiger partial charge on any atom is 0.330 e. The predicted molar refractivity (Wildman–Crippen MR) is 98.4 cm³/mol. The Kier molecular flexibility index (Phi) is 10.7. The zero-order valence-electron chi connectivity index (χ0n) is 15.5. The minimum absolute atomic E-state index is 0.164. The highest BCUT2D eigenvalue weighted by Gasteiger charge is 2.23. The van der Waals surface area contributed by atoms with E-state index >= 15 is 0 Å². The summed E-state index contributed by atoms with van der Waals surface area (Å²) in [7, 11) is -3.07. The molecule has 0 spiro atoms. The second-order valence-electron chi connectivity index (χ2n) is 5.57. The van der Waals surface area contributed by atoms with E-state index in [1.54, 1.807) is 13.8 Å². The summed E-state index contributed by atoms with van der Waals surface area (Å²) < 4.78 is 22.9. The van der Waals surface area contributed by atoms with Crippen LogP contribution in [0.2, 0.25) is 0 Å². The number of amides is 1. The molecular formula is C18H30NO5P. The van der Waals surface area contributed by atoms with Crippen LogP contribution in [0.25, 0.3) is 0 Å². The van der Waals surface area contributed by atoms with Crippen LogP contribution in [-0.2, 0) is 29.7 Å². The van der Waals surface area contributed by atoms with Gasteiger partial charge in [-0.1, -0.05) is 30.3 Å². The smallest absolute Gasteiger partial charge is 0.309 e. The highest BCUT2D eigenvalue weighted by molar-refractivity contribution is 7.53. The highest BCUT2D eigenvalue weighted by atomic mass is 31.2. The van der Waals surface area contributed by atoms with Gasteiger partial charge in [-0.05, 0) is 38.7 Å². The Bertz CT molecular complexity index is 528. The molecule has 0 N–H and O–H groups in total. The van der Waals surface area contributed by atoms with Gasteiger partial charge < -0.3 is 9.05 Å². The Morgan fingerprint density at radius 1 is 1.08 bits per heavy atom. The lowest BCUT2D eigenvalue weighted by Gasteiger charge is -2.22. The average molecular weight is 371 g/mol. The molecule has 0 fully saturated rings. The van der Waals surface area contributed by atoms with E-state index in [9.17, 15) is 9.36 Å². The third-order valence-corrected chi connectivity index (χ3v) is 5.66. The van der Waals surface area contributed by atoms with Crippen LogP contribution in [0.3, 0.4) is 0 Å². The first-order valence-electron chi connectivity index (χ1n) is 8.83. The molecule has 0 saturated carbocycles. The molecule has 1 aromatic carbocycles. The van der Waals surface area contributed by atoms with Crippen molar-refractivity contribution < 1.29 is 23.2 Å². The molecule has 0 unspecified atom stereocenters. The number of carbonyl (C=O) groups is 1. The Hall–Kier alpha value is -1.20. The summed E-state index contributed by atoms with van der Waals surface area (Å²) in [6.07, 6.45) is 2.49. The third-order valence-electron chi connectivity index (χ3n) is 3.50. The lowest BCUT2D eigenvalue weighted by molar-refractivity contribution is -0.184. The molecule has 1 aromatic rings. The van der Waals surface area contributed by atoms with E-state index < -0.39 is 7.60 Å². The third kappa shape index (κ3) is 9.17. The van der Waals surface area contributed by atoms with Crippen molar-refractivity contribution in [2.24, 2.45) is 0 Å². The summed E-state index contributed by atoms with van der Waals surface area (Å²) in [6, 6.07) is 10.1. The van der Waals surface area contributed by atoms with E-state index in [1.807, 2.05) is 18.2 Å². The molecule has 142 valence electrons. The molecule has 0 aliphatic rings. The van der Waals surface area contributed by atoms with Gasteiger partial charge in [0.1, 0.15) is 0 Å². The monoisotopic (exact) mass is 371 g/mol. The number of rotatable bonds is 13. The van der Waals surface area contributed by atoms with E-state index in [0.717, 1.165) is 12.8 Å². The van der Waals surface area contributed by atoms with Gasteiger partial charge in [0, 0.05) is 13.5 Å². The summed E-state index contributed by atoms with van der Waals surface area (Å²) in [5, 5.41) is 1.33. The van der Waals surface area contributed by atoms with Crippen molar-refractivity contribution >= 4 is 13.5 Å². The van der Waals surface area contributed by atoms with Crippen LogP contribution in [0.1, 0.15) is 39.2 Å². The molecule has 25 heavy (non-hydrogen) atoms. The highest BCUT2D eigenvalue weighted by Crippen LogP contribution is 2.48. The SMILES string of the molecule is CCOP(=O)(CCCN(OCCCc1ccccc1)C(C)=O)OCC. The zero-order valence-corrected chi connectivity index (χ0v) is 16.4. The number of benzene rings is 1. The van der Waals surface area contributed by atoms with Crippen LogP contribution in [0, 0.1) is 0 Å². The van der Waals surface area contributed by atoms with Gasteiger partial charge in [0.05, 0.1) is 26.0 Å². The van der Waals surface area contributed by atoms with E-state index in [4.69, 9.17) is 13.9 Å². The number of carbonyl (C=O) groups excluding carboxylic acids is 1. The van der Waals surface area contributed by atoms with Gasteiger partial charge in [-0.3, -0.25) is 14.2 Å². The number of hydrogen-bond donors (Lipinski definition) is 0. The van der Waals surface area contributed by atoms with Crippen LogP contribution in [0.5, 0.6) is 0 Å². The van der Waals surface area contributed by atoms with Crippen molar-refractivity contribution in [2.45, 2.75) is 40.0 Å². The normalized spacial score (nSPS) is 11.5. The first kappa shape index (κ1) is 21.8. The van der Waals surface area contributed by atoms with Crippen molar-refractivity contribution in [2.75, 3.05) is 32.5 Å². The van der Waals surface area contributed by atoms with Crippen molar-refractivity contribution in [3.63, 3.8) is 0 Å². The van der Waals surface area contributed by atoms with Crippen molar-refractivity contribution in [1.29, 1.82) is 0 Å². The number of aryl methyl sites for hydroxylation is 1. The Balaban J connectivity index is 2.33. The van der Waals surface area contributed by atoms with Crippen LogP contribution >= 0.6 is 7.60 Å². The molecule has 1 amide bonds. The van der Waals surface area contributed by atoms with Crippen LogP contribution in [0.4, 0.5) is 0 Å². The molecule has 0 saturated heterocycles. The van der Waals surface area contributed by atoms with Gasteiger partial charge in [-0.2, -0.15) is 0 Å². The molecule has 0 aliphatic carbocycles. The van der Waals surface area contributed by atoms with Crippen molar-refractivity contribution in [1.82, 2.24) is 5.06 Å². The van der Waals surface area contributed by atoms with Gasteiger partial charge in [0.2, 0.25) is 5.91 Å². The molecule has 1 rings (SSSR count). The van der Waals surface area contributed by atoms with Gasteiger partial charge >= 0.3 is 7.60 Å². The van der Waals surface area contributed by atoms with Gasteiger partial charge in [-0.25, -0.2) is 5.06 Å². The van der Waals surface area contributed by atoms with Gasteiger partial charge in [0.25, 0.3) is 0 Å². The summed E-state index contributed by atoms with van der Waals surface area (Å²) in [5.41, 5.74) is 1.25. The lowest BCUT2D eigenvalue weighted by Crippen LogP contribution is -2.31. The summed E-state index contributed by atoms with van der Waals surface area (Å²) in [4.78, 5) is 17.3. The minimum atomic E-state index is -3.07. The summed E-state index contributed by atoms with van der Waals surface area (Å²) in [6.45, 7) is 6.52. The first-order chi connectivity index (χ1) is 12.0. The van der Waals surface area contributed by atoms with E-state index in [-0.39, 0.29) is 12.1 Å². The minimum Gasteiger partial charge on any atom is -0.309 e. The average Bonchev–Trinajstić information content (AvgIpc) is 2.58. The number of hydrogen-bond acceptors (Lipinski definition) is 5. The van der Waals surface area contributed by atoms with Crippen molar-refractivity contribution in [3.05, 3.63) is 35.9 Å². The second kappa shape index (κ2) is 12.2. The maximum atomic E-state index is 12.4. The fourth-order valence-electron chi connectivity index (χ4n) is 2.38. The Labute approximate surface area is 150 Å². The molecule has 7 heteroatoms. The first-order valence-corrected chi connectivity index (χ1v) is 10.6. The summed E-state index contributed by atoms with van der Waals surface area (Å²) in [5.74, 6) is -0.164. The molecule has 0 aromatic heterocycles. The van der Waals surface area contributed by atoms with Gasteiger partial charge in [0.15, 0.2) is 0 Å². The topological polar surface area (TPSA) is 65.1 Å². The van der Waals surface area contributed by atoms with Crippen LogP contribution < -0.4 is 0 Å². The van der Waals surface area contributed by atoms with E-state index in [1.165, 1.54) is 17.6 Å². The van der Waals surface area contributed by atoms with E-state index in [2.05, 4.69) is 12.1 Å². The summed E-state index contributed by atoms with van der Waals surface area (Å²) >= 11 is 0. The fraction of sp³-hybridized carbons (Fsp3) is 0.611. The standard InChI is InChI=1S/C18H30NO5P/c1-4-23-25(21,24-5-2)16-10-14-19(17(3)20)22-15-9-13-18-11-7-6-8-12-18/h6-8,11-12H,4-5,9-10,13-16H2,1-3H3. The maximum absolute atomic E-state index is 12.4. The van der Waals surface area contributed by atoms with Crippen LogP contribution in [0.15, 0.2) is 30.3 Å². The largest absolute Gasteiger partial charge is 0.330 e. The Morgan fingerprint density at radius 2 is 1.72 bits per heavy atom. The molecule has 0 radical (unpaired) electrons. The Morgan fingerprint density at radius 3 is 2.28 bits per heavy atom. The van der Waals surface area contributed by atoms with Crippen molar-refractivity contribution in [3.8, 4) is 0 Å². The second-order valence-corrected chi connectivity index (χ2v) is 7.75. The molecule has 0 atom stereocenters. The lowest BCUT2D eigenvalue weighted by atomic mass is 10.1. The number of hydroxylamine groups is 2. The predicted octanol–water partition coefficient (Wildman–Crippen LogP) is 4.06. The zero-order chi connectivity index (χ0) is 18.5. The van der Waals surface area contributed by atoms with Gasteiger partial charge in [-0.15, -0.1) is 0 Å². The molecular weight excluding hydrogens is 341 g/mol. The molecule has 0 aliphatic heterocycles. The quantitative estimate of drug-likeness (QED) is 0.297. The van der Waals surface area contributed by atoms with E-state index in [0.29, 0.717) is 32.8 Å². The van der Waals surface area contributed by atoms with Crippen LogP contribution in [-0.4, -0.2) is 43.5 Å². The fourth-order valence-corrected chi connectivity index (χ4v) is 4.02. The molecule has 6 nitrogen and oxygen atoms in total. The molecule has 0 heterocycles. The number of nitrogens with zero attached hydrogens (tertiary/aromatic N) is 1.